The molecule has 0 fully saturated rings. The Morgan fingerprint density at radius 3 is 2.47 bits per heavy atom. The Balaban J connectivity index is 1.89. The van der Waals surface area contributed by atoms with Gasteiger partial charge in [-0.1, -0.05) is 68.5 Å². The van der Waals surface area contributed by atoms with Crippen LogP contribution in [0.3, 0.4) is 0 Å². The Bertz CT molecular complexity index is 1030. The molecule has 1 atom stereocenters. The highest BCUT2D eigenvalue weighted by atomic mass is 32.2. The molecule has 0 saturated carbocycles. The molecule has 0 radical (unpaired) electrons. The molecular formula is C24H30N2O3S. The highest BCUT2D eigenvalue weighted by Gasteiger charge is 2.39. The van der Waals surface area contributed by atoms with Crippen LogP contribution in [-0.4, -0.2) is 31.2 Å². The minimum absolute atomic E-state index is 0.164. The van der Waals surface area contributed by atoms with E-state index in [4.69, 9.17) is 0 Å². The summed E-state index contributed by atoms with van der Waals surface area (Å²) in [6.07, 6.45) is 0.948. The average Bonchev–Trinajstić information content (AvgIpc) is 2.80. The third kappa shape index (κ3) is 4.82. The molecule has 2 aromatic carbocycles. The Morgan fingerprint density at radius 1 is 1.13 bits per heavy atom. The Labute approximate surface area is 179 Å². The number of amides is 1. The van der Waals surface area contributed by atoms with E-state index in [-0.39, 0.29) is 23.3 Å². The predicted octanol–water partition coefficient (Wildman–Crippen LogP) is 4.13. The van der Waals surface area contributed by atoms with E-state index in [1.54, 1.807) is 18.2 Å². The fourth-order valence-electron chi connectivity index (χ4n) is 3.75. The normalized spacial score (nSPS) is 17.3. The van der Waals surface area contributed by atoms with Crippen LogP contribution in [0.1, 0.15) is 43.4 Å². The standard InChI is InChI=1S/C24H30N2O3S/c1-17(2)15-22(24(27)25-16-20-11-9-18(3)10-12-20)26-14-13-19(4)21-7-5-6-8-23(21)30(26,28)29/h5-12,17,22H,4,13-16H2,1-3H3,(H,25,27)/t22-/m0/s1. The van der Waals surface area contributed by atoms with E-state index in [1.165, 1.54) is 4.31 Å². The second-order valence-electron chi connectivity index (χ2n) is 8.31. The van der Waals surface area contributed by atoms with Crippen molar-refractivity contribution in [3.63, 3.8) is 0 Å². The van der Waals surface area contributed by atoms with Crippen molar-refractivity contribution in [3.05, 3.63) is 71.8 Å². The van der Waals surface area contributed by atoms with Crippen molar-refractivity contribution in [3.8, 4) is 0 Å². The largest absolute Gasteiger partial charge is 0.351 e. The summed E-state index contributed by atoms with van der Waals surface area (Å²) in [5, 5.41) is 2.95. The first-order valence-electron chi connectivity index (χ1n) is 10.3. The van der Waals surface area contributed by atoms with E-state index < -0.39 is 16.1 Å². The van der Waals surface area contributed by atoms with Gasteiger partial charge in [0.15, 0.2) is 0 Å². The van der Waals surface area contributed by atoms with Crippen LogP contribution in [0.4, 0.5) is 0 Å². The van der Waals surface area contributed by atoms with E-state index in [1.807, 2.05) is 51.1 Å². The Morgan fingerprint density at radius 2 is 1.80 bits per heavy atom. The molecule has 160 valence electrons. The fourth-order valence-corrected chi connectivity index (χ4v) is 5.59. The number of hydrogen-bond donors (Lipinski definition) is 1. The van der Waals surface area contributed by atoms with Gasteiger partial charge in [0.2, 0.25) is 15.9 Å². The lowest BCUT2D eigenvalue weighted by Crippen LogP contribution is -2.50. The number of nitrogens with zero attached hydrogens (tertiary/aromatic N) is 1. The van der Waals surface area contributed by atoms with Crippen molar-refractivity contribution in [2.75, 3.05) is 6.54 Å². The molecule has 1 heterocycles. The van der Waals surface area contributed by atoms with Gasteiger partial charge in [-0.3, -0.25) is 4.79 Å². The summed E-state index contributed by atoms with van der Waals surface area (Å²) >= 11 is 0. The number of aryl methyl sites for hydroxylation is 1. The van der Waals surface area contributed by atoms with Gasteiger partial charge in [-0.15, -0.1) is 0 Å². The highest BCUT2D eigenvalue weighted by Crippen LogP contribution is 2.33. The molecule has 30 heavy (non-hydrogen) atoms. The van der Waals surface area contributed by atoms with Gasteiger partial charge >= 0.3 is 0 Å². The maximum atomic E-state index is 13.5. The zero-order chi connectivity index (χ0) is 21.9. The number of carbonyl (C=O) groups is 1. The minimum Gasteiger partial charge on any atom is -0.351 e. The zero-order valence-electron chi connectivity index (χ0n) is 17.9. The number of rotatable bonds is 6. The molecule has 1 N–H and O–H groups in total. The molecule has 1 amide bonds. The summed E-state index contributed by atoms with van der Waals surface area (Å²) in [4.78, 5) is 13.4. The van der Waals surface area contributed by atoms with E-state index in [0.717, 1.165) is 16.7 Å². The van der Waals surface area contributed by atoms with Crippen LogP contribution in [0.2, 0.25) is 0 Å². The summed E-state index contributed by atoms with van der Waals surface area (Å²) in [6.45, 7) is 10.7. The van der Waals surface area contributed by atoms with Crippen molar-refractivity contribution in [1.82, 2.24) is 9.62 Å². The fraction of sp³-hybridized carbons (Fsp3) is 0.375. The smallest absolute Gasteiger partial charge is 0.244 e. The zero-order valence-corrected chi connectivity index (χ0v) is 18.7. The lowest BCUT2D eigenvalue weighted by molar-refractivity contribution is -0.125. The molecule has 0 aliphatic carbocycles. The molecule has 2 aromatic rings. The van der Waals surface area contributed by atoms with Crippen molar-refractivity contribution in [1.29, 1.82) is 0 Å². The van der Waals surface area contributed by atoms with Crippen LogP contribution in [0.5, 0.6) is 0 Å². The molecule has 5 nitrogen and oxygen atoms in total. The maximum absolute atomic E-state index is 13.5. The van der Waals surface area contributed by atoms with Crippen LogP contribution in [0, 0.1) is 12.8 Å². The summed E-state index contributed by atoms with van der Waals surface area (Å²) in [5.74, 6) is -0.102. The second kappa shape index (κ2) is 9.14. The second-order valence-corrected chi connectivity index (χ2v) is 10.2. The lowest BCUT2D eigenvalue weighted by atomic mass is 10.0. The third-order valence-corrected chi connectivity index (χ3v) is 7.39. The van der Waals surface area contributed by atoms with E-state index >= 15 is 0 Å². The van der Waals surface area contributed by atoms with Crippen LogP contribution in [-0.2, 0) is 21.4 Å². The molecule has 1 aliphatic rings. The molecule has 0 aromatic heterocycles. The van der Waals surface area contributed by atoms with Gasteiger partial charge in [-0.25, -0.2) is 8.42 Å². The monoisotopic (exact) mass is 426 g/mol. The van der Waals surface area contributed by atoms with Gasteiger partial charge in [0.05, 0.1) is 4.90 Å². The summed E-state index contributed by atoms with van der Waals surface area (Å²) in [6, 6.07) is 14.1. The van der Waals surface area contributed by atoms with E-state index in [9.17, 15) is 13.2 Å². The van der Waals surface area contributed by atoms with Crippen LogP contribution >= 0.6 is 0 Å². The Kier molecular flexibility index (Phi) is 6.78. The van der Waals surface area contributed by atoms with Gasteiger partial charge < -0.3 is 5.32 Å². The summed E-state index contributed by atoms with van der Waals surface area (Å²) in [7, 11) is -3.82. The van der Waals surface area contributed by atoms with E-state index in [0.29, 0.717) is 24.9 Å². The summed E-state index contributed by atoms with van der Waals surface area (Å²) in [5.41, 5.74) is 3.55. The number of hydrogen-bond acceptors (Lipinski definition) is 3. The van der Waals surface area contributed by atoms with Crippen LogP contribution in [0.15, 0.2) is 60.0 Å². The SMILES string of the molecule is C=C1CCN([C@@H](CC(C)C)C(=O)NCc2ccc(C)cc2)S(=O)(=O)c2ccccc21. The first kappa shape index (κ1) is 22.2. The number of nitrogens with one attached hydrogen (secondary N) is 1. The molecule has 0 spiro atoms. The molecule has 3 rings (SSSR count). The molecule has 0 bridgehead atoms. The third-order valence-electron chi connectivity index (χ3n) is 5.42. The summed E-state index contributed by atoms with van der Waals surface area (Å²) < 4.78 is 28.4. The molecule has 0 saturated heterocycles. The Hall–Kier alpha value is -2.44. The highest BCUT2D eigenvalue weighted by molar-refractivity contribution is 7.89. The van der Waals surface area contributed by atoms with Crippen molar-refractivity contribution >= 4 is 21.5 Å². The minimum atomic E-state index is -3.82. The molecule has 6 heteroatoms. The van der Waals surface area contributed by atoms with Gasteiger partial charge in [-0.05, 0) is 48.4 Å². The number of sulfonamides is 1. The van der Waals surface area contributed by atoms with Crippen LogP contribution < -0.4 is 5.32 Å². The van der Waals surface area contributed by atoms with Crippen molar-refractivity contribution in [2.24, 2.45) is 5.92 Å². The van der Waals surface area contributed by atoms with E-state index in [2.05, 4.69) is 11.9 Å². The predicted molar refractivity (Wildman–Crippen MR) is 120 cm³/mol. The first-order valence-corrected chi connectivity index (χ1v) is 11.8. The van der Waals surface area contributed by atoms with Crippen molar-refractivity contribution in [2.45, 2.75) is 51.1 Å². The van der Waals surface area contributed by atoms with Gasteiger partial charge in [0.25, 0.3) is 0 Å². The molecule has 1 aliphatic heterocycles. The average molecular weight is 427 g/mol. The maximum Gasteiger partial charge on any atom is 0.244 e. The number of fused-ring (bicyclic) bond motifs is 1. The quantitative estimate of drug-likeness (QED) is 0.755. The topological polar surface area (TPSA) is 66.5 Å². The van der Waals surface area contributed by atoms with Gasteiger partial charge in [0, 0.05) is 13.1 Å². The molecular weight excluding hydrogens is 396 g/mol. The number of carbonyl (C=O) groups excluding carboxylic acids is 1. The van der Waals surface area contributed by atoms with Gasteiger partial charge in [0.1, 0.15) is 6.04 Å². The van der Waals surface area contributed by atoms with Crippen molar-refractivity contribution < 1.29 is 13.2 Å². The first-order chi connectivity index (χ1) is 14.2. The lowest BCUT2D eigenvalue weighted by Gasteiger charge is -2.30. The van der Waals surface area contributed by atoms with Gasteiger partial charge in [-0.2, -0.15) is 4.31 Å². The molecule has 0 unspecified atom stereocenters. The number of benzene rings is 2. The van der Waals surface area contributed by atoms with Crippen LogP contribution in [0.25, 0.3) is 5.57 Å².